The minimum atomic E-state index is -0.523. The van der Waals surface area contributed by atoms with E-state index in [-0.39, 0.29) is 11.6 Å². The van der Waals surface area contributed by atoms with Crippen molar-refractivity contribution in [1.29, 1.82) is 0 Å². The van der Waals surface area contributed by atoms with Gasteiger partial charge in [-0.1, -0.05) is 11.3 Å². The number of ether oxygens (including phenoxy) is 1. The van der Waals surface area contributed by atoms with E-state index in [1.165, 1.54) is 31.0 Å². The Morgan fingerprint density at radius 1 is 1.46 bits per heavy atom. The standard InChI is InChI=1S/C14H13N7O4S/c1-20-11(21(23)24)7-15-12(20)13-17-19-14(26-13)18-16-6-8-3-4-10(25-2)9(22)5-8/h3-7,22H,1-2H3,(H,18,19)/b16-6-. The van der Waals surface area contributed by atoms with Crippen LogP contribution in [0, 0.1) is 10.1 Å². The molecular formula is C14H13N7O4S. The SMILES string of the molecule is COc1ccc(/C=N\Nc2nnc(-c3ncc([N+](=O)[O-])n3C)s2)cc1O. The quantitative estimate of drug-likeness (QED) is 0.379. The van der Waals surface area contributed by atoms with Gasteiger partial charge in [-0.05, 0) is 28.7 Å². The van der Waals surface area contributed by atoms with Gasteiger partial charge in [0.05, 0.1) is 20.4 Å². The Morgan fingerprint density at radius 2 is 2.27 bits per heavy atom. The van der Waals surface area contributed by atoms with Crippen molar-refractivity contribution < 1.29 is 14.8 Å². The van der Waals surface area contributed by atoms with Crippen molar-refractivity contribution in [3.8, 4) is 22.3 Å². The molecule has 26 heavy (non-hydrogen) atoms. The second-order valence-corrected chi connectivity index (χ2v) is 5.95. The third-order valence-corrected chi connectivity index (χ3v) is 4.17. The normalized spacial score (nSPS) is 11.0. The van der Waals surface area contributed by atoms with Crippen molar-refractivity contribution in [1.82, 2.24) is 19.7 Å². The highest BCUT2D eigenvalue weighted by atomic mass is 32.1. The number of hydrogen-bond acceptors (Lipinski definition) is 10. The second-order valence-electron chi connectivity index (χ2n) is 4.97. The van der Waals surface area contributed by atoms with Crippen molar-refractivity contribution in [2.24, 2.45) is 12.1 Å². The molecule has 3 rings (SSSR count). The molecule has 0 saturated heterocycles. The molecule has 0 amide bonds. The monoisotopic (exact) mass is 375 g/mol. The maximum absolute atomic E-state index is 10.9. The van der Waals surface area contributed by atoms with E-state index in [1.807, 2.05) is 0 Å². The van der Waals surface area contributed by atoms with Gasteiger partial charge in [-0.25, -0.2) is 9.55 Å². The lowest BCUT2D eigenvalue weighted by atomic mass is 10.2. The smallest absolute Gasteiger partial charge is 0.342 e. The van der Waals surface area contributed by atoms with Gasteiger partial charge in [-0.2, -0.15) is 5.10 Å². The van der Waals surface area contributed by atoms with E-state index in [4.69, 9.17) is 4.74 Å². The van der Waals surface area contributed by atoms with Gasteiger partial charge in [0.25, 0.3) is 5.82 Å². The maximum Gasteiger partial charge on any atom is 0.342 e. The summed E-state index contributed by atoms with van der Waals surface area (Å²) in [5.74, 6) is 0.576. The first kappa shape index (κ1) is 17.3. The summed E-state index contributed by atoms with van der Waals surface area (Å²) in [6.45, 7) is 0. The highest BCUT2D eigenvalue weighted by Crippen LogP contribution is 2.28. The molecule has 0 spiro atoms. The van der Waals surface area contributed by atoms with Crippen LogP contribution in [0.3, 0.4) is 0 Å². The minimum Gasteiger partial charge on any atom is -0.504 e. The summed E-state index contributed by atoms with van der Waals surface area (Å²) in [5.41, 5.74) is 3.36. The van der Waals surface area contributed by atoms with Gasteiger partial charge in [0, 0.05) is 0 Å². The van der Waals surface area contributed by atoms with Crippen LogP contribution in [0.4, 0.5) is 10.9 Å². The molecule has 0 unspecified atom stereocenters. The summed E-state index contributed by atoms with van der Waals surface area (Å²) in [7, 11) is 3.00. The van der Waals surface area contributed by atoms with Crippen molar-refractivity contribution >= 4 is 28.5 Å². The third kappa shape index (κ3) is 3.44. The van der Waals surface area contributed by atoms with Crippen LogP contribution in [0.2, 0.25) is 0 Å². The van der Waals surface area contributed by atoms with E-state index in [0.717, 1.165) is 17.5 Å². The van der Waals surface area contributed by atoms with E-state index in [0.29, 0.717) is 27.3 Å². The highest BCUT2D eigenvalue weighted by molar-refractivity contribution is 7.18. The number of anilines is 1. The number of benzene rings is 1. The van der Waals surface area contributed by atoms with Crippen molar-refractivity contribution in [3.63, 3.8) is 0 Å². The lowest BCUT2D eigenvalue weighted by Crippen LogP contribution is -1.98. The molecule has 0 fully saturated rings. The first-order chi connectivity index (χ1) is 12.5. The molecule has 0 atom stereocenters. The van der Waals surface area contributed by atoms with Crippen LogP contribution >= 0.6 is 11.3 Å². The highest BCUT2D eigenvalue weighted by Gasteiger charge is 2.21. The largest absolute Gasteiger partial charge is 0.504 e. The number of hydrazone groups is 1. The first-order valence-corrected chi connectivity index (χ1v) is 7.97. The number of hydrogen-bond donors (Lipinski definition) is 2. The predicted molar refractivity (Wildman–Crippen MR) is 94.6 cm³/mol. The summed E-state index contributed by atoms with van der Waals surface area (Å²) < 4.78 is 6.29. The first-order valence-electron chi connectivity index (χ1n) is 7.15. The number of imidazole rings is 1. The lowest BCUT2D eigenvalue weighted by Gasteiger charge is -2.02. The van der Waals surface area contributed by atoms with Crippen LogP contribution < -0.4 is 10.2 Å². The zero-order valence-corrected chi connectivity index (χ0v) is 14.5. The molecule has 134 valence electrons. The van der Waals surface area contributed by atoms with Crippen LogP contribution in [0.1, 0.15) is 5.56 Å². The van der Waals surface area contributed by atoms with Crippen molar-refractivity contribution in [2.45, 2.75) is 0 Å². The van der Waals surface area contributed by atoms with Gasteiger partial charge < -0.3 is 20.0 Å². The molecule has 2 aromatic heterocycles. The number of methoxy groups -OCH3 is 1. The fraction of sp³-hybridized carbons (Fsp3) is 0.143. The van der Waals surface area contributed by atoms with Crippen LogP contribution in [-0.4, -0.2) is 43.1 Å². The lowest BCUT2D eigenvalue weighted by molar-refractivity contribution is -0.391. The molecule has 2 heterocycles. The summed E-state index contributed by atoms with van der Waals surface area (Å²) in [4.78, 5) is 14.3. The Kier molecular flexibility index (Phi) is 4.75. The Labute approximate surface area is 150 Å². The average molecular weight is 375 g/mol. The van der Waals surface area contributed by atoms with E-state index < -0.39 is 4.92 Å². The predicted octanol–water partition coefficient (Wildman–Crippen LogP) is 2.01. The number of phenols is 1. The second kappa shape index (κ2) is 7.14. The van der Waals surface area contributed by atoms with Crippen LogP contribution in [0.15, 0.2) is 29.5 Å². The molecule has 0 aliphatic rings. The van der Waals surface area contributed by atoms with Gasteiger partial charge in [0.1, 0.15) is 6.20 Å². The molecular weight excluding hydrogens is 362 g/mol. The third-order valence-electron chi connectivity index (χ3n) is 3.34. The van der Waals surface area contributed by atoms with Crippen molar-refractivity contribution in [2.75, 3.05) is 12.5 Å². The summed E-state index contributed by atoms with van der Waals surface area (Å²) in [5, 5.41) is 33.3. The number of nitrogens with one attached hydrogen (secondary N) is 1. The maximum atomic E-state index is 10.9. The number of aromatic nitrogens is 4. The zero-order chi connectivity index (χ0) is 18.7. The van der Waals surface area contributed by atoms with Crippen LogP contribution in [0.5, 0.6) is 11.5 Å². The Balaban J connectivity index is 1.71. The molecule has 0 bridgehead atoms. The van der Waals surface area contributed by atoms with E-state index in [2.05, 4.69) is 25.7 Å². The van der Waals surface area contributed by atoms with Crippen molar-refractivity contribution in [3.05, 3.63) is 40.1 Å². The molecule has 0 saturated carbocycles. The summed E-state index contributed by atoms with van der Waals surface area (Å²) in [6, 6.07) is 4.85. The summed E-state index contributed by atoms with van der Waals surface area (Å²) >= 11 is 1.15. The molecule has 3 aromatic rings. The van der Waals surface area contributed by atoms with Gasteiger partial charge in [0.15, 0.2) is 11.5 Å². The molecule has 11 nitrogen and oxygen atoms in total. The van der Waals surface area contributed by atoms with E-state index in [1.54, 1.807) is 12.1 Å². The van der Waals surface area contributed by atoms with E-state index >= 15 is 0 Å². The van der Waals surface area contributed by atoms with E-state index in [9.17, 15) is 15.2 Å². The van der Waals surface area contributed by atoms with Crippen LogP contribution in [0.25, 0.3) is 10.8 Å². The zero-order valence-electron chi connectivity index (χ0n) is 13.7. The number of phenolic OH excluding ortho intramolecular Hbond substituents is 1. The molecule has 0 aliphatic carbocycles. The molecule has 0 aliphatic heterocycles. The topological polar surface area (TPSA) is 141 Å². The van der Waals surface area contributed by atoms with Gasteiger partial charge in [-0.3, -0.25) is 5.43 Å². The number of nitro groups is 1. The average Bonchev–Trinajstić information content (AvgIpc) is 3.21. The molecule has 0 radical (unpaired) electrons. The molecule has 2 N–H and O–H groups in total. The number of rotatable bonds is 6. The fourth-order valence-electron chi connectivity index (χ4n) is 2.08. The minimum absolute atomic E-state index is 0.00558. The molecule has 1 aromatic carbocycles. The number of nitrogens with zero attached hydrogens (tertiary/aromatic N) is 6. The van der Waals surface area contributed by atoms with Gasteiger partial charge in [0.2, 0.25) is 10.1 Å². The molecule has 12 heteroatoms. The fourth-order valence-corrected chi connectivity index (χ4v) is 2.80. The summed E-state index contributed by atoms with van der Waals surface area (Å²) in [6.07, 6.45) is 2.66. The Hall–Kier alpha value is -3.54. The number of aromatic hydroxyl groups is 1. The van der Waals surface area contributed by atoms with Gasteiger partial charge in [-0.15, -0.1) is 10.2 Å². The van der Waals surface area contributed by atoms with Gasteiger partial charge >= 0.3 is 5.82 Å². The Morgan fingerprint density at radius 3 is 2.92 bits per heavy atom. The van der Waals surface area contributed by atoms with Crippen LogP contribution in [-0.2, 0) is 7.05 Å². The Bertz CT molecular complexity index is 982.